The zero-order chi connectivity index (χ0) is 12.9. The van der Waals surface area contributed by atoms with E-state index in [0.29, 0.717) is 18.7 Å². The molecular formula is C13H18BrNO2. The Hall–Kier alpha value is -0.870. The number of amides is 1. The van der Waals surface area contributed by atoms with E-state index in [0.717, 1.165) is 4.47 Å². The molecule has 17 heavy (non-hydrogen) atoms. The molecule has 0 bridgehead atoms. The van der Waals surface area contributed by atoms with Crippen LogP contribution in [0, 0.1) is 0 Å². The van der Waals surface area contributed by atoms with Gasteiger partial charge in [-0.2, -0.15) is 0 Å². The molecule has 4 heteroatoms. The van der Waals surface area contributed by atoms with Crippen molar-refractivity contribution in [3.05, 3.63) is 34.3 Å². The Morgan fingerprint density at radius 2 is 2.06 bits per heavy atom. The van der Waals surface area contributed by atoms with Crippen molar-refractivity contribution in [2.45, 2.75) is 26.4 Å². The fourth-order valence-electron chi connectivity index (χ4n) is 1.48. The van der Waals surface area contributed by atoms with Gasteiger partial charge in [-0.25, -0.2) is 0 Å². The van der Waals surface area contributed by atoms with Crippen molar-refractivity contribution in [1.29, 1.82) is 0 Å². The summed E-state index contributed by atoms with van der Waals surface area (Å²) in [4.78, 5) is 11.9. The molecule has 0 saturated carbocycles. The molecule has 0 unspecified atom stereocenters. The van der Waals surface area contributed by atoms with Gasteiger partial charge in [0.15, 0.2) is 0 Å². The highest BCUT2D eigenvalue weighted by molar-refractivity contribution is 9.10. The Morgan fingerprint density at radius 1 is 1.41 bits per heavy atom. The largest absolute Gasteiger partial charge is 0.374 e. The number of halogens is 1. The van der Waals surface area contributed by atoms with E-state index in [-0.39, 0.29) is 11.5 Å². The van der Waals surface area contributed by atoms with Gasteiger partial charge < -0.3 is 10.1 Å². The van der Waals surface area contributed by atoms with E-state index in [9.17, 15) is 4.79 Å². The summed E-state index contributed by atoms with van der Waals surface area (Å²) in [5, 5.41) is 2.87. The predicted molar refractivity (Wildman–Crippen MR) is 72.2 cm³/mol. The van der Waals surface area contributed by atoms with Crippen molar-refractivity contribution < 1.29 is 9.53 Å². The molecule has 3 nitrogen and oxygen atoms in total. The molecule has 0 aromatic heterocycles. The minimum absolute atomic E-state index is 0.0924. The summed E-state index contributed by atoms with van der Waals surface area (Å²) in [6.45, 7) is 6.98. The van der Waals surface area contributed by atoms with E-state index in [4.69, 9.17) is 4.74 Å². The second-order valence-electron chi connectivity index (χ2n) is 4.36. The Balaban J connectivity index is 2.59. The Kier molecular flexibility index (Phi) is 5.15. The first-order valence-electron chi connectivity index (χ1n) is 5.63. The first-order valence-corrected chi connectivity index (χ1v) is 6.42. The van der Waals surface area contributed by atoms with Gasteiger partial charge >= 0.3 is 0 Å². The monoisotopic (exact) mass is 299 g/mol. The summed E-state index contributed by atoms with van der Waals surface area (Å²) in [5.41, 5.74) is 0.297. The number of hydrogen-bond acceptors (Lipinski definition) is 2. The van der Waals surface area contributed by atoms with Crippen molar-refractivity contribution in [1.82, 2.24) is 5.32 Å². The molecular weight excluding hydrogens is 282 g/mol. The van der Waals surface area contributed by atoms with Crippen LogP contribution in [0.15, 0.2) is 28.7 Å². The number of hydrogen-bond donors (Lipinski definition) is 1. The van der Waals surface area contributed by atoms with Gasteiger partial charge in [0.25, 0.3) is 5.91 Å². The maximum atomic E-state index is 11.9. The molecule has 0 atom stereocenters. The molecule has 0 fully saturated rings. The van der Waals surface area contributed by atoms with E-state index in [1.54, 1.807) is 6.07 Å². The lowest BCUT2D eigenvalue weighted by molar-refractivity contribution is -0.00815. The number of rotatable bonds is 5. The van der Waals surface area contributed by atoms with Crippen molar-refractivity contribution in [2.24, 2.45) is 0 Å². The van der Waals surface area contributed by atoms with Crippen molar-refractivity contribution in [2.75, 3.05) is 13.2 Å². The highest BCUT2D eigenvalue weighted by Gasteiger charge is 2.19. The zero-order valence-corrected chi connectivity index (χ0v) is 12.0. The lowest BCUT2D eigenvalue weighted by Crippen LogP contribution is -2.40. The fourth-order valence-corrected chi connectivity index (χ4v) is 1.94. The summed E-state index contributed by atoms with van der Waals surface area (Å²) >= 11 is 3.36. The quantitative estimate of drug-likeness (QED) is 0.908. The van der Waals surface area contributed by atoms with Crippen LogP contribution in [-0.4, -0.2) is 24.7 Å². The van der Waals surface area contributed by atoms with Crippen LogP contribution >= 0.6 is 15.9 Å². The molecule has 1 aromatic rings. The molecule has 94 valence electrons. The maximum Gasteiger partial charge on any atom is 0.252 e. The average molecular weight is 300 g/mol. The molecule has 1 rings (SSSR count). The lowest BCUT2D eigenvalue weighted by Gasteiger charge is -2.24. The van der Waals surface area contributed by atoms with E-state index >= 15 is 0 Å². The zero-order valence-electron chi connectivity index (χ0n) is 10.4. The normalized spacial score (nSPS) is 11.3. The van der Waals surface area contributed by atoms with Crippen LogP contribution in [0.5, 0.6) is 0 Å². The molecule has 1 amide bonds. The van der Waals surface area contributed by atoms with Gasteiger partial charge in [-0.1, -0.05) is 12.1 Å². The van der Waals surface area contributed by atoms with Crippen molar-refractivity contribution in [3.8, 4) is 0 Å². The molecule has 1 N–H and O–H groups in total. The third-order valence-electron chi connectivity index (χ3n) is 2.33. The molecule has 0 spiro atoms. The first-order chi connectivity index (χ1) is 7.96. The highest BCUT2D eigenvalue weighted by Crippen LogP contribution is 2.16. The summed E-state index contributed by atoms with van der Waals surface area (Å²) in [6, 6.07) is 7.36. The van der Waals surface area contributed by atoms with Gasteiger partial charge in [0.05, 0.1) is 11.2 Å². The van der Waals surface area contributed by atoms with Crippen LogP contribution in [0.3, 0.4) is 0 Å². The third-order valence-corrected chi connectivity index (χ3v) is 3.02. The molecule has 0 radical (unpaired) electrons. The van der Waals surface area contributed by atoms with E-state index < -0.39 is 0 Å². The fraction of sp³-hybridized carbons (Fsp3) is 0.462. The van der Waals surface area contributed by atoms with Gasteiger partial charge in [-0.05, 0) is 48.8 Å². The first kappa shape index (κ1) is 14.2. The number of carbonyl (C=O) groups is 1. The number of carbonyl (C=O) groups excluding carboxylic acids is 1. The number of nitrogens with one attached hydrogen (secondary N) is 1. The predicted octanol–water partition coefficient (Wildman–Crippen LogP) is 2.99. The molecule has 0 saturated heterocycles. The van der Waals surface area contributed by atoms with E-state index in [1.807, 2.05) is 39.0 Å². The molecule has 1 aromatic carbocycles. The third kappa shape index (κ3) is 4.48. The standard InChI is InChI=1S/C13H18BrNO2/c1-4-17-13(2,3)9-15-12(16)10-7-5-6-8-11(10)14/h5-8H,4,9H2,1-3H3,(H,15,16). The second-order valence-corrected chi connectivity index (χ2v) is 5.21. The number of ether oxygens (including phenoxy) is 1. The Morgan fingerprint density at radius 3 is 2.65 bits per heavy atom. The minimum Gasteiger partial charge on any atom is -0.374 e. The van der Waals surface area contributed by atoms with E-state index in [2.05, 4.69) is 21.2 Å². The van der Waals surface area contributed by atoms with Crippen molar-refractivity contribution in [3.63, 3.8) is 0 Å². The van der Waals surface area contributed by atoms with Crippen LogP contribution in [0.4, 0.5) is 0 Å². The summed E-state index contributed by atoms with van der Waals surface area (Å²) in [7, 11) is 0. The molecule has 0 aliphatic heterocycles. The SMILES string of the molecule is CCOC(C)(C)CNC(=O)c1ccccc1Br. The number of benzene rings is 1. The maximum absolute atomic E-state index is 11.9. The summed E-state index contributed by atoms with van der Waals surface area (Å²) in [5.74, 6) is -0.0924. The lowest BCUT2D eigenvalue weighted by atomic mass is 10.1. The van der Waals surface area contributed by atoms with Gasteiger partial charge in [-0.3, -0.25) is 4.79 Å². The van der Waals surface area contributed by atoms with Crippen LogP contribution in [-0.2, 0) is 4.74 Å². The Labute approximate surface area is 111 Å². The second kappa shape index (κ2) is 6.17. The van der Waals surface area contributed by atoms with Crippen molar-refractivity contribution >= 4 is 21.8 Å². The van der Waals surface area contributed by atoms with Gasteiger partial charge in [0.1, 0.15) is 0 Å². The summed E-state index contributed by atoms with van der Waals surface area (Å²) < 4.78 is 6.32. The highest BCUT2D eigenvalue weighted by atomic mass is 79.9. The van der Waals surface area contributed by atoms with Gasteiger partial charge in [0, 0.05) is 17.6 Å². The van der Waals surface area contributed by atoms with Crippen LogP contribution in [0.2, 0.25) is 0 Å². The van der Waals surface area contributed by atoms with Crippen LogP contribution in [0.1, 0.15) is 31.1 Å². The molecule has 0 heterocycles. The topological polar surface area (TPSA) is 38.3 Å². The van der Waals surface area contributed by atoms with Gasteiger partial charge in [-0.15, -0.1) is 0 Å². The average Bonchev–Trinajstić information content (AvgIpc) is 2.27. The van der Waals surface area contributed by atoms with Gasteiger partial charge in [0.2, 0.25) is 0 Å². The minimum atomic E-state index is -0.342. The molecule has 0 aliphatic rings. The van der Waals surface area contributed by atoms with Crippen LogP contribution in [0.25, 0.3) is 0 Å². The van der Waals surface area contributed by atoms with E-state index in [1.165, 1.54) is 0 Å². The van der Waals surface area contributed by atoms with Crippen LogP contribution < -0.4 is 5.32 Å². The Bertz CT molecular complexity index is 391. The molecule has 0 aliphatic carbocycles. The summed E-state index contributed by atoms with van der Waals surface area (Å²) in [6.07, 6.45) is 0. The smallest absolute Gasteiger partial charge is 0.252 e.